The molecule has 1 aromatic rings. The molecule has 0 spiro atoms. The zero-order chi connectivity index (χ0) is 19.2. The van der Waals surface area contributed by atoms with Crippen molar-refractivity contribution in [3.05, 3.63) is 29.8 Å². The number of benzene rings is 1. The third-order valence-corrected chi connectivity index (χ3v) is 4.94. The number of hydrogen-bond donors (Lipinski definition) is 1. The number of nitrogens with zero attached hydrogens (tertiary/aromatic N) is 1. The summed E-state index contributed by atoms with van der Waals surface area (Å²) in [5.74, 6) is -0.0191. The maximum absolute atomic E-state index is 12.3. The summed E-state index contributed by atoms with van der Waals surface area (Å²) in [7, 11) is 0. The van der Waals surface area contributed by atoms with Crippen molar-refractivity contribution in [3.63, 3.8) is 0 Å². The topological polar surface area (TPSA) is 62.1 Å². The van der Waals surface area contributed by atoms with Crippen LogP contribution in [0, 0.1) is 17.2 Å². The molecule has 26 heavy (non-hydrogen) atoms. The van der Waals surface area contributed by atoms with Gasteiger partial charge in [0.25, 0.3) is 5.91 Å². The van der Waals surface area contributed by atoms with Crippen LogP contribution in [0.1, 0.15) is 43.0 Å². The molecule has 1 amide bonds. The summed E-state index contributed by atoms with van der Waals surface area (Å²) in [6.45, 7) is 2.19. The molecule has 0 bridgehead atoms. The number of halogens is 3. The Kier molecular flexibility index (Phi) is 6.95. The Morgan fingerprint density at radius 2 is 1.92 bits per heavy atom. The minimum atomic E-state index is -4.38. The highest BCUT2D eigenvalue weighted by molar-refractivity contribution is 8.00. The van der Waals surface area contributed by atoms with Gasteiger partial charge in [-0.1, -0.05) is 12.8 Å². The molecule has 1 aliphatic carbocycles. The Balaban J connectivity index is 1.89. The van der Waals surface area contributed by atoms with Crippen molar-refractivity contribution in [2.75, 3.05) is 13.2 Å². The number of hydrogen-bond acceptors (Lipinski definition) is 4. The summed E-state index contributed by atoms with van der Waals surface area (Å²) in [5.41, 5.74) is -5.39. The Labute approximate surface area is 155 Å². The summed E-state index contributed by atoms with van der Waals surface area (Å²) >= 11 is -0.242. The first-order chi connectivity index (χ1) is 12.2. The van der Waals surface area contributed by atoms with Gasteiger partial charge in [0.2, 0.25) is 0 Å². The van der Waals surface area contributed by atoms with Gasteiger partial charge in [0.1, 0.15) is 5.54 Å². The third kappa shape index (κ3) is 6.54. The number of ether oxygens (including phenoxy) is 1. The lowest BCUT2D eigenvalue weighted by molar-refractivity contribution is -0.0328. The lowest BCUT2D eigenvalue weighted by Crippen LogP contribution is -2.48. The van der Waals surface area contributed by atoms with E-state index in [0.717, 1.165) is 12.8 Å². The molecule has 1 saturated carbocycles. The van der Waals surface area contributed by atoms with Crippen molar-refractivity contribution in [2.45, 2.75) is 48.5 Å². The number of carbonyl (C=O) groups excluding carboxylic acids is 1. The average Bonchev–Trinajstić information content (AvgIpc) is 3.07. The molecule has 1 fully saturated rings. The molecular weight excluding hydrogens is 365 g/mol. The van der Waals surface area contributed by atoms with Crippen molar-refractivity contribution in [3.8, 4) is 6.07 Å². The van der Waals surface area contributed by atoms with Gasteiger partial charge in [-0.05, 0) is 61.7 Å². The molecule has 1 atom stereocenters. The van der Waals surface area contributed by atoms with Crippen LogP contribution < -0.4 is 5.32 Å². The third-order valence-electron chi connectivity index (χ3n) is 4.21. The van der Waals surface area contributed by atoms with Gasteiger partial charge in [0.15, 0.2) is 0 Å². The van der Waals surface area contributed by atoms with E-state index in [-0.39, 0.29) is 28.8 Å². The Hall–Kier alpha value is -1.72. The number of alkyl halides is 3. The first-order valence-electron chi connectivity index (χ1n) is 8.38. The molecular formula is C18H21F3N2O2S. The van der Waals surface area contributed by atoms with Gasteiger partial charge in [-0.3, -0.25) is 4.79 Å². The van der Waals surface area contributed by atoms with Crippen molar-refractivity contribution >= 4 is 17.7 Å². The second kappa shape index (κ2) is 8.78. The molecule has 0 aliphatic heterocycles. The number of carbonyl (C=O) groups is 1. The van der Waals surface area contributed by atoms with E-state index in [1.807, 2.05) is 6.07 Å². The fraction of sp³-hybridized carbons (Fsp3) is 0.556. The summed E-state index contributed by atoms with van der Waals surface area (Å²) in [4.78, 5) is 12.3. The predicted octanol–water partition coefficient (Wildman–Crippen LogP) is 4.52. The minimum Gasteiger partial charge on any atom is -0.378 e. The van der Waals surface area contributed by atoms with E-state index < -0.39 is 17.0 Å². The van der Waals surface area contributed by atoms with Gasteiger partial charge in [-0.2, -0.15) is 18.4 Å². The Morgan fingerprint density at radius 1 is 1.31 bits per heavy atom. The number of rotatable bonds is 7. The zero-order valence-electron chi connectivity index (χ0n) is 14.4. The van der Waals surface area contributed by atoms with Crippen LogP contribution in [0.25, 0.3) is 0 Å². The molecule has 8 heteroatoms. The Morgan fingerprint density at radius 3 is 2.46 bits per heavy atom. The second-order valence-corrected chi connectivity index (χ2v) is 7.77. The van der Waals surface area contributed by atoms with Crippen LogP contribution in [-0.2, 0) is 4.74 Å². The molecule has 0 aromatic heterocycles. The van der Waals surface area contributed by atoms with Crippen LogP contribution in [0.5, 0.6) is 0 Å². The van der Waals surface area contributed by atoms with Crippen LogP contribution >= 0.6 is 11.8 Å². The van der Waals surface area contributed by atoms with Crippen molar-refractivity contribution < 1.29 is 22.7 Å². The SMILES string of the molecule is CC(C#N)(COCC1CCCC1)NC(=O)c1ccc(SC(F)(F)F)cc1. The fourth-order valence-electron chi connectivity index (χ4n) is 2.83. The summed E-state index contributed by atoms with van der Waals surface area (Å²) < 4.78 is 42.6. The maximum Gasteiger partial charge on any atom is 0.446 e. The minimum absolute atomic E-state index is 0.00279. The standard InChI is InChI=1S/C18H21F3N2O2S/c1-17(11-22,12-25-10-13-4-2-3-5-13)23-16(24)14-6-8-15(9-7-14)26-18(19,20)21/h6-9,13H,2-5,10,12H2,1H3,(H,23,24). The number of thioether (sulfide) groups is 1. The summed E-state index contributed by atoms with van der Waals surface area (Å²) in [6, 6.07) is 7.11. The van der Waals surface area contributed by atoms with E-state index in [1.165, 1.54) is 37.1 Å². The molecule has 2 rings (SSSR count). The van der Waals surface area contributed by atoms with Gasteiger partial charge >= 0.3 is 5.51 Å². The van der Waals surface area contributed by atoms with Crippen molar-refractivity contribution in [1.82, 2.24) is 5.32 Å². The molecule has 1 aromatic carbocycles. The molecule has 0 heterocycles. The number of nitriles is 1. The van der Waals surface area contributed by atoms with Crippen LogP contribution in [0.4, 0.5) is 13.2 Å². The molecule has 1 aliphatic rings. The highest BCUT2D eigenvalue weighted by Gasteiger charge is 2.30. The van der Waals surface area contributed by atoms with Crippen LogP contribution in [-0.4, -0.2) is 30.2 Å². The highest BCUT2D eigenvalue weighted by Crippen LogP contribution is 2.36. The second-order valence-electron chi connectivity index (χ2n) is 6.64. The maximum atomic E-state index is 12.3. The quantitative estimate of drug-likeness (QED) is 0.700. The van der Waals surface area contributed by atoms with Gasteiger partial charge < -0.3 is 10.1 Å². The van der Waals surface area contributed by atoms with Crippen LogP contribution in [0.3, 0.4) is 0 Å². The van der Waals surface area contributed by atoms with E-state index in [9.17, 15) is 23.2 Å². The smallest absolute Gasteiger partial charge is 0.378 e. The molecule has 4 nitrogen and oxygen atoms in total. The van der Waals surface area contributed by atoms with Crippen LogP contribution in [0.15, 0.2) is 29.2 Å². The van der Waals surface area contributed by atoms with Gasteiger partial charge in [0, 0.05) is 17.1 Å². The van der Waals surface area contributed by atoms with E-state index in [1.54, 1.807) is 6.92 Å². The normalized spacial score (nSPS) is 17.5. The molecule has 0 saturated heterocycles. The van der Waals surface area contributed by atoms with E-state index in [0.29, 0.717) is 12.5 Å². The fourth-order valence-corrected chi connectivity index (χ4v) is 3.37. The largest absolute Gasteiger partial charge is 0.446 e. The monoisotopic (exact) mass is 386 g/mol. The summed E-state index contributed by atoms with van der Waals surface area (Å²) in [6.07, 6.45) is 4.64. The van der Waals surface area contributed by atoms with Crippen molar-refractivity contribution in [1.29, 1.82) is 5.26 Å². The molecule has 0 radical (unpaired) electrons. The van der Waals surface area contributed by atoms with E-state index in [2.05, 4.69) is 5.32 Å². The van der Waals surface area contributed by atoms with Crippen LogP contribution in [0.2, 0.25) is 0 Å². The van der Waals surface area contributed by atoms with Crippen molar-refractivity contribution in [2.24, 2.45) is 5.92 Å². The van der Waals surface area contributed by atoms with Gasteiger partial charge in [0.05, 0.1) is 12.7 Å². The van der Waals surface area contributed by atoms with Gasteiger partial charge in [-0.25, -0.2) is 0 Å². The zero-order valence-corrected chi connectivity index (χ0v) is 15.3. The van der Waals surface area contributed by atoms with E-state index in [4.69, 9.17) is 4.74 Å². The number of amides is 1. The first-order valence-corrected chi connectivity index (χ1v) is 9.20. The van der Waals surface area contributed by atoms with E-state index >= 15 is 0 Å². The Bertz CT molecular complexity index is 652. The number of nitrogens with one attached hydrogen (secondary N) is 1. The lowest BCUT2D eigenvalue weighted by atomic mass is 10.0. The molecule has 1 N–H and O–H groups in total. The summed E-state index contributed by atoms with van der Waals surface area (Å²) in [5, 5.41) is 12.0. The lowest BCUT2D eigenvalue weighted by Gasteiger charge is -2.24. The first kappa shape index (κ1) is 20.6. The molecule has 1 unspecified atom stereocenters. The van der Waals surface area contributed by atoms with Gasteiger partial charge in [-0.15, -0.1) is 0 Å². The highest BCUT2D eigenvalue weighted by atomic mass is 32.2. The predicted molar refractivity (Wildman–Crippen MR) is 92.6 cm³/mol. The molecule has 142 valence electrons. The average molecular weight is 386 g/mol.